The van der Waals surface area contributed by atoms with Gasteiger partial charge in [0, 0.05) is 38.4 Å². The molecule has 1 N–H and O–H groups in total. The summed E-state index contributed by atoms with van der Waals surface area (Å²) < 4.78 is 19.3. The number of pyridine rings is 1. The smallest absolute Gasteiger partial charge is 0.123 e. The molecule has 3 rings (SSSR count). The third-order valence-electron chi connectivity index (χ3n) is 4.16. The molecule has 0 amide bonds. The normalized spacial score (nSPS) is 22.2. The van der Waals surface area contributed by atoms with Gasteiger partial charge in [0.1, 0.15) is 11.4 Å². The topological polar surface area (TPSA) is 45.6 Å². The molecule has 23 heavy (non-hydrogen) atoms. The first kappa shape index (κ1) is 16.1. The van der Waals surface area contributed by atoms with Gasteiger partial charge in [-0.1, -0.05) is 18.2 Å². The van der Waals surface area contributed by atoms with Crippen molar-refractivity contribution in [2.75, 3.05) is 26.3 Å². The van der Waals surface area contributed by atoms with Crippen LogP contribution >= 0.6 is 0 Å². The number of aromatic nitrogens is 1. The number of hydrogen-bond acceptors (Lipinski definition) is 4. The number of morpholine rings is 1. The summed E-state index contributed by atoms with van der Waals surface area (Å²) in [6.07, 6.45) is 4.10. The van der Waals surface area contributed by atoms with Gasteiger partial charge in [0.25, 0.3) is 0 Å². The third kappa shape index (κ3) is 4.13. The molecule has 1 saturated heterocycles. The van der Waals surface area contributed by atoms with E-state index in [1.807, 2.05) is 24.4 Å². The van der Waals surface area contributed by atoms with Gasteiger partial charge in [-0.05, 0) is 29.3 Å². The van der Waals surface area contributed by atoms with Gasteiger partial charge in [-0.25, -0.2) is 4.39 Å². The molecule has 0 spiro atoms. The van der Waals surface area contributed by atoms with Crippen LogP contribution in [-0.4, -0.2) is 46.9 Å². The highest BCUT2D eigenvalue weighted by molar-refractivity contribution is 5.19. The summed E-state index contributed by atoms with van der Waals surface area (Å²) in [4.78, 5) is 6.38. The largest absolute Gasteiger partial charge is 0.393 e. The monoisotopic (exact) mass is 316 g/mol. The van der Waals surface area contributed by atoms with Crippen molar-refractivity contribution in [3.63, 3.8) is 0 Å². The highest BCUT2D eigenvalue weighted by Crippen LogP contribution is 2.24. The van der Waals surface area contributed by atoms with E-state index in [4.69, 9.17) is 4.74 Å². The molecule has 0 saturated carbocycles. The zero-order chi connectivity index (χ0) is 16.1. The minimum atomic E-state index is -0.686. The number of nitrogens with zero attached hydrogens (tertiary/aromatic N) is 2. The molecule has 1 aromatic carbocycles. The Hall–Kier alpha value is -1.82. The van der Waals surface area contributed by atoms with E-state index in [-0.39, 0.29) is 12.4 Å². The van der Waals surface area contributed by atoms with Crippen molar-refractivity contribution in [2.45, 2.75) is 18.6 Å². The Morgan fingerprint density at radius 1 is 1.26 bits per heavy atom. The molecule has 2 aromatic rings. The van der Waals surface area contributed by atoms with Crippen molar-refractivity contribution >= 4 is 0 Å². The fraction of sp³-hybridized carbons (Fsp3) is 0.389. The average Bonchev–Trinajstić information content (AvgIpc) is 2.56. The molecular weight excluding hydrogens is 295 g/mol. The Kier molecular flexibility index (Phi) is 5.00. The van der Waals surface area contributed by atoms with E-state index in [0.29, 0.717) is 19.6 Å². The molecule has 2 heterocycles. The maximum absolute atomic E-state index is 13.4. The fourth-order valence-electron chi connectivity index (χ4n) is 3.09. The second kappa shape index (κ2) is 7.17. The van der Waals surface area contributed by atoms with Crippen molar-refractivity contribution in [1.29, 1.82) is 0 Å². The van der Waals surface area contributed by atoms with Gasteiger partial charge < -0.3 is 9.84 Å². The van der Waals surface area contributed by atoms with E-state index in [2.05, 4.69) is 9.88 Å². The zero-order valence-corrected chi connectivity index (χ0v) is 13.0. The maximum Gasteiger partial charge on any atom is 0.123 e. The number of hydrogen-bond donors (Lipinski definition) is 1. The number of ether oxygens (including phenoxy) is 1. The Bertz CT molecular complexity index is 638. The van der Waals surface area contributed by atoms with E-state index < -0.39 is 5.60 Å². The standard InChI is InChI=1S/C18H21FN2O2/c19-17-5-1-3-15(9-17)10-18(14-22)13-21(7-8-23-18)12-16-4-2-6-20-11-16/h1-6,9,11,22H,7-8,10,12-14H2/t18-/m1/s1. The average molecular weight is 316 g/mol. The molecule has 1 atom stereocenters. The Morgan fingerprint density at radius 3 is 2.87 bits per heavy atom. The molecule has 5 heteroatoms. The van der Waals surface area contributed by atoms with Crippen LogP contribution in [0.1, 0.15) is 11.1 Å². The lowest BCUT2D eigenvalue weighted by Gasteiger charge is -2.42. The molecule has 0 unspecified atom stereocenters. The predicted molar refractivity (Wildman–Crippen MR) is 85.4 cm³/mol. The lowest BCUT2D eigenvalue weighted by Crippen LogP contribution is -2.55. The molecule has 0 bridgehead atoms. The van der Waals surface area contributed by atoms with Gasteiger partial charge in [0.05, 0.1) is 13.2 Å². The quantitative estimate of drug-likeness (QED) is 0.917. The van der Waals surface area contributed by atoms with E-state index in [0.717, 1.165) is 24.2 Å². The number of halogens is 1. The second-order valence-electron chi connectivity index (χ2n) is 6.07. The molecule has 1 fully saturated rings. The highest BCUT2D eigenvalue weighted by Gasteiger charge is 2.36. The van der Waals surface area contributed by atoms with Gasteiger partial charge in [0.2, 0.25) is 0 Å². The van der Waals surface area contributed by atoms with Crippen LogP contribution in [0.5, 0.6) is 0 Å². The minimum Gasteiger partial charge on any atom is -0.393 e. The van der Waals surface area contributed by atoms with Crippen molar-refractivity contribution < 1.29 is 14.2 Å². The number of benzene rings is 1. The molecule has 122 valence electrons. The van der Waals surface area contributed by atoms with E-state index in [1.54, 1.807) is 12.3 Å². The van der Waals surface area contributed by atoms with Crippen molar-refractivity contribution in [3.05, 3.63) is 65.7 Å². The van der Waals surface area contributed by atoms with Crippen molar-refractivity contribution in [2.24, 2.45) is 0 Å². The zero-order valence-electron chi connectivity index (χ0n) is 13.0. The fourth-order valence-corrected chi connectivity index (χ4v) is 3.09. The second-order valence-corrected chi connectivity index (χ2v) is 6.07. The lowest BCUT2D eigenvalue weighted by molar-refractivity contribution is -0.134. The minimum absolute atomic E-state index is 0.0902. The van der Waals surface area contributed by atoms with E-state index in [9.17, 15) is 9.50 Å². The van der Waals surface area contributed by atoms with Gasteiger partial charge >= 0.3 is 0 Å². The third-order valence-corrected chi connectivity index (χ3v) is 4.16. The first-order valence-electron chi connectivity index (χ1n) is 7.80. The molecular formula is C18H21FN2O2. The Balaban J connectivity index is 1.71. The SMILES string of the molecule is OC[C@@]1(Cc2cccc(F)c2)CN(Cc2cccnc2)CCO1. The van der Waals surface area contributed by atoms with E-state index >= 15 is 0 Å². The van der Waals surface area contributed by atoms with Crippen LogP contribution in [0.15, 0.2) is 48.8 Å². The molecule has 1 aliphatic rings. The van der Waals surface area contributed by atoms with Gasteiger partial charge in [0.15, 0.2) is 0 Å². The van der Waals surface area contributed by atoms with Crippen molar-refractivity contribution in [1.82, 2.24) is 9.88 Å². The number of aliphatic hydroxyl groups excluding tert-OH is 1. The summed E-state index contributed by atoms with van der Waals surface area (Å²) in [6, 6.07) is 10.4. The summed E-state index contributed by atoms with van der Waals surface area (Å²) in [5, 5.41) is 9.90. The summed E-state index contributed by atoms with van der Waals surface area (Å²) in [5.74, 6) is -0.265. The molecule has 4 nitrogen and oxygen atoms in total. The highest BCUT2D eigenvalue weighted by atomic mass is 19.1. The van der Waals surface area contributed by atoms with Crippen LogP contribution in [0.4, 0.5) is 4.39 Å². The predicted octanol–water partition coefficient (Wildman–Crippen LogP) is 2.03. The molecule has 0 radical (unpaired) electrons. The molecule has 1 aromatic heterocycles. The number of aliphatic hydroxyl groups is 1. The van der Waals surface area contributed by atoms with Gasteiger partial charge in [-0.2, -0.15) is 0 Å². The van der Waals surface area contributed by atoms with Crippen LogP contribution in [0.25, 0.3) is 0 Å². The summed E-state index contributed by atoms with van der Waals surface area (Å²) in [7, 11) is 0. The molecule has 0 aliphatic carbocycles. The maximum atomic E-state index is 13.4. The summed E-state index contributed by atoms with van der Waals surface area (Å²) >= 11 is 0. The van der Waals surface area contributed by atoms with Gasteiger partial charge in [-0.3, -0.25) is 9.88 Å². The van der Waals surface area contributed by atoms with Crippen LogP contribution < -0.4 is 0 Å². The summed E-state index contributed by atoms with van der Waals surface area (Å²) in [6.45, 7) is 2.64. The van der Waals surface area contributed by atoms with Crippen LogP contribution in [0.3, 0.4) is 0 Å². The molecule has 1 aliphatic heterocycles. The Morgan fingerprint density at radius 2 is 2.13 bits per heavy atom. The van der Waals surface area contributed by atoms with Crippen LogP contribution in [0.2, 0.25) is 0 Å². The van der Waals surface area contributed by atoms with E-state index in [1.165, 1.54) is 12.1 Å². The lowest BCUT2D eigenvalue weighted by atomic mass is 9.93. The first-order valence-corrected chi connectivity index (χ1v) is 7.80. The summed E-state index contributed by atoms with van der Waals surface area (Å²) in [5.41, 5.74) is 1.28. The van der Waals surface area contributed by atoms with Crippen LogP contribution in [-0.2, 0) is 17.7 Å². The van der Waals surface area contributed by atoms with Crippen LogP contribution in [0, 0.1) is 5.82 Å². The first-order chi connectivity index (χ1) is 11.2. The Labute approximate surface area is 135 Å². The number of rotatable bonds is 5. The van der Waals surface area contributed by atoms with Gasteiger partial charge in [-0.15, -0.1) is 0 Å². The van der Waals surface area contributed by atoms with Crippen molar-refractivity contribution in [3.8, 4) is 0 Å².